The fourth-order valence-electron chi connectivity index (χ4n) is 4.30. The van der Waals surface area contributed by atoms with Crippen LogP contribution in [0.15, 0.2) is 52.2 Å². The molecule has 2 aromatic carbocycles. The van der Waals surface area contributed by atoms with Gasteiger partial charge in [0, 0.05) is 11.6 Å². The maximum absolute atomic E-state index is 13.7. The number of amides is 1. The molecular formula is C28H30ClNO5. The molecule has 1 aliphatic heterocycles. The van der Waals surface area contributed by atoms with Crippen molar-refractivity contribution in [3.8, 4) is 11.5 Å². The van der Waals surface area contributed by atoms with E-state index in [2.05, 4.69) is 20.4 Å². The van der Waals surface area contributed by atoms with Gasteiger partial charge < -0.3 is 18.8 Å². The molecule has 184 valence electrons. The topological polar surface area (TPSA) is 69.0 Å². The van der Waals surface area contributed by atoms with Crippen LogP contribution in [0.1, 0.15) is 60.5 Å². The molecule has 0 saturated heterocycles. The molecule has 6 nitrogen and oxygen atoms in total. The van der Waals surface area contributed by atoms with E-state index in [0.717, 1.165) is 17.5 Å². The maximum atomic E-state index is 13.7. The third-order valence-electron chi connectivity index (χ3n) is 6.11. The second kappa shape index (κ2) is 10.2. The first-order valence-corrected chi connectivity index (χ1v) is 12.2. The third kappa shape index (κ3) is 4.67. The number of hydrogen-bond donors (Lipinski definition) is 0. The molecule has 35 heavy (non-hydrogen) atoms. The van der Waals surface area contributed by atoms with Gasteiger partial charge in [0.25, 0.3) is 5.91 Å². The molecule has 3 aromatic rings. The summed E-state index contributed by atoms with van der Waals surface area (Å²) in [5, 5.41) is 0.811. The zero-order valence-electron chi connectivity index (χ0n) is 20.5. The highest BCUT2D eigenvalue weighted by atomic mass is 35.5. The third-order valence-corrected chi connectivity index (χ3v) is 6.52. The Labute approximate surface area is 210 Å². The standard InChI is InChI=1S/C28H30ClNO5/c1-6-11-30-25(18-8-9-21(23(14-18)33-7-2)34-12-10-16(3)4)24-26(31)19-15-20(29)17(5)13-22(19)35-27(24)28(30)32/h6,8-9,13-16,25H,1,7,10-12H2,2-5H3. The van der Waals surface area contributed by atoms with Crippen LogP contribution in [0.4, 0.5) is 0 Å². The Balaban J connectivity index is 1.86. The van der Waals surface area contributed by atoms with Gasteiger partial charge in [0.1, 0.15) is 5.58 Å². The Kier molecular flexibility index (Phi) is 7.22. The molecule has 1 aliphatic rings. The zero-order chi connectivity index (χ0) is 25.3. The Morgan fingerprint density at radius 1 is 1.17 bits per heavy atom. The van der Waals surface area contributed by atoms with Crippen molar-refractivity contribution in [3.05, 3.63) is 80.7 Å². The lowest BCUT2D eigenvalue weighted by Crippen LogP contribution is -2.29. The molecule has 2 heterocycles. The summed E-state index contributed by atoms with van der Waals surface area (Å²) in [6.45, 7) is 13.1. The van der Waals surface area contributed by atoms with Gasteiger partial charge in [-0.1, -0.05) is 37.6 Å². The second-order valence-electron chi connectivity index (χ2n) is 9.09. The molecule has 1 amide bonds. The van der Waals surface area contributed by atoms with Crippen molar-refractivity contribution in [3.63, 3.8) is 0 Å². The number of aryl methyl sites for hydroxylation is 1. The summed E-state index contributed by atoms with van der Waals surface area (Å²) in [4.78, 5) is 28.6. The van der Waals surface area contributed by atoms with E-state index in [9.17, 15) is 9.59 Å². The second-order valence-corrected chi connectivity index (χ2v) is 9.50. The van der Waals surface area contributed by atoms with E-state index in [1.54, 1.807) is 23.1 Å². The number of carbonyl (C=O) groups is 1. The van der Waals surface area contributed by atoms with Gasteiger partial charge >= 0.3 is 0 Å². The molecule has 1 atom stereocenters. The van der Waals surface area contributed by atoms with E-state index >= 15 is 0 Å². The van der Waals surface area contributed by atoms with Crippen LogP contribution in [-0.4, -0.2) is 30.6 Å². The Bertz CT molecular complexity index is 1340. The predicted molar refractivity (Wildman–Crippen MR) is 138 cm³/mol. The van der Waals surface area contributed by atoms with Crippen molar-refractivity contribution in [1.82, 2.24) is 4.90 Å². The summed E-state index contributed by atoms with van der Waals surface area (Å²) in [5.74, 6) is 1.41. The van der Waals surface area contributed by atoms with E-state index < -0.39 is 6.04 Å². The summed E-state index contributed by atoms with van der Waals surface area (Å²) in [6, 6.07) is 8.17. The molecule has 0 aliphatic carbocycles. The molecule has 0 bridgehead atoms. The molecule has 0 spiro atoms. The fraction of sp³-hybridized carbons (Fsp3) is 0.357. The summed E-state index contributed by atoms with van der Waals surface area (Å²) < 4.78 is 17.8. The monoisotopic (exact) mass is 495 g/mol. The number of carbonyl (C=O) groups excluding carboxylic acids is 1. The first kappa shape index (κ1) is 24.9. The molecule has 4 rings (SSSR count). The van der Waals surface area contributed by atoms with E-state index in [0.29, 0.717) is 52.2 Å². The van der Waals surface area contributed by atoms with Crippen LogP contribution in [-0.2, 0) is 0 Å². The molecule has 0 N–H and O–H groups in total. The van der Waals surface area contributed by atoms with E-state index in [1.165, 1.54) is 0 Å². The predicted octanol–water partition coefficient (Wildman–Crippen LogP) is 6.31. The molecule has 1 unspecified atom stereocenters. The number of ether oxygens (including phenoxy) is 2. The lowest BCUT2D eigenvalue weighted by molar-refractivity contribution is 0.0748. The van der Waals surface area contributed by atoms with Gasteiger partial charge in [-0.05, 0) is 61.6 Å². The first-order valence-electron chi connectivity index (χ1n) is 11.8. The number of rotatable bonds is 9. The van der Waals surface area contributed by atoms with Gasteiger partial charge in [-0.2, -0.15) is 0 Å². The molecular weight excluding hydrogens is 466 g/mol. The van der Waals surface area contributed by atoms with Crippen molar-refractivity contribution >= 4 is 28.5 Å². The average molecular weight is 496 g/mol. The van der Waals surface area contributed by atoms with Crippen molar-refractivity contribution < 1.29 is 18.7 Å². The molecule has 1 aromatic heterocycles. The fourth-order valence-corrected chi connectivity index (χ4v) is 4.47. The van der Waals surface area contributed by atoms with E-state index in [-0.39, 0.29) is 23.6 Å². The average Bonchev–Trinajstić information content (AvgIpc) is 3.08. The van der Waals surface area contributed by atoms with Crippen molar-refractivity contribution in [2.45, 2.75) is 40.2 Å². The van der Waals surface area contributed by atoms with Crippen LogP contribution in [0.2, 0.25) is 5.02 Å². The van der Waals surface area contributed by atoms with Crippen molar-refractivity contribution in [1.29, 1.82) is 0 Å². The largest absolute Gasteiger partial charge is 0.490 e. The van der Waals surface area contributed by atoms with E-state index in [4.69, 9.17) is 25.5 Å². The van der Waals surface area contributed by atoms with Gasteiger partial charge in [0.15, 0.2) is 16.9 Å². The van der Waals surface area contributed by atoms with Crippen LogP contribution < -0.4 is 14.9 Å². The molecule has 7 heteroatoms. The van der Waals surface area contributed by atoms with Gasteiger partial charge in [0.05, 0.1) is 30.2 Å². The SMILES string of the molecule is C=CCN1C(=O)c2oc3cc(C)c(Cl)cc3c(=O)c2C1c1ccc(OCCC(C)C)c(OCC)c1. The lowest BCUT2D eigenvalue weighted by Gasteiger charge is -2.24. The van der Waals surface area contributed by atoms with Gasteiger partial charge in [-0.3, -0.25) is 9.59 Å². The number of nitrogens with zero attached hydrogens (tertiary/aromatic N) is 1. The zero-order valence-corrected chi connectivity index (χ0v) is 21.3. The van der Waals surface area contributed by atoms with Crippen LogP contribution in [0.3, 0.4) is 0 Å². The number of halogens is 1. The first-order chi connectivity index (χ1) is 16.8. The van der Waals surface area contributed by atoms with Gasteiger partial charge in [-0.15, -0.1) is 6.58 Å². The maximum Gasteiger partial charge on any atom is 0.291 e. The quantitative estimate of drug-likeness (QED) is 0.325. The summed E-state index contributed by atoms with van der Waals surface area (Å²) >= 11 is 6.30. The van der Waals surface area contributed by atoms with Crippen LogP contribution in [0.5, 0.6) is 11.5 Å². The minimum absolute atomic E-state index is 0.0475. The highest BCUT2D eigenvalue weighted by molar-refractivity contribution is 6.32. The van der Waals surface area contributed by atoms with Gasteiger partial charge in [0.2, 0.25) is 5.76 Å². The van der Waals surface area contributed by atoms with Crippen molar-refractivity contribution in [2.24, 2.45) is 5.92 Å². The summed E-state index contributed by atoms with van der Waals surface area (Å²) in [7, 11) is 0. The molecule has 0 saturated carbocycles. The molecule has 0 radical (unpaired) electrons. The number of fused-ring (bicyclic) bond motifs is 2. The van der Waals surface area contributed by atoms with Crippen LogP contribution in [0, 0.1) is 12.8 Å². The normalized spacial score (nSPS) is 15.1. The molecule has 0 fully saturated rings. The smallest absolute Gasteiger partial charge is 0.291 e. The Morgan fingerprint density at radius 2 is 1.94 bits per heavy atom. The minimum atomic E-state index is -0.653. The van der Waals surface area contributed by atoms with Crippen molar-refractivity contribution in [2.75, 3.05) is 19.8 Å². The van der Waals surface area contributed by atoms with Gasteiger partial charge in [-0.25, -0.2) is 0 Å². The number of hydrogen-bond acceptors (Lipinski definition) is 5. The number of benzene rings is 2. The highest BCUT2D eigenvalue weighted by Gasteiger charge is 2.42. The summed E-state index contributed by atoms with van der Waals surface area (Å²) in [5.41, 5.74) is 1.85. The Hall–Kier alpha value is -3.25. The van der Waals surface area contributed by atoms with Crippen LogP contribution >= 0.6 is 11.6 Å². The summed E-state index contributed by atoms with van der Waals surface area (Å²) in [6.07, 6.45) is 2.55. The Morgan fingerprint density at radius 3 is 2.63 bits per heavy atom. The minimum Gasteiger partial charge on any atom is -0.490 e. The lowest BCUT2D eigenvalue weighted by atomic mass is 9.97. The van der Waals surface area contributed by atoms with Crippen LogP contribution in [0.25, 0.3) is 11.0 Å². The van der Waals surface area contributed by atoms with E-state index in [1.807, 2.05) is 32.0 Å². The highest BCUT2D eigenvalue weighted by Crippen LogP contribution is 2.41.